The van der Waals surface area contributed by atoms with E-state index in [-0.39, 0.29) is 71.5 Å². The first-order chi connectivity index (χ1) is 37.4. The van der Waals surface area contributed by atoms with Crippen LogP contribution in [-0.2, 0) is 58.6 Å². The number of pyridine rings is 2. The van der Waals surface area contributed by atoms with Crippen molar-refractivity contribution in [2.45, 2.75) is 148 Å². The fourth-order valence-electron chi connectivity index (χ4n) is 15.0. The number of piperazine rings is 1. The summed E-state index contributed by atoms with van der Waals surface area (Å²) in [6.45, 7) is 11.3. The van der Waals surface area contributed by atoms with E-state index in [0.717, 1.165) is 73.7 Å². The molecule has 2 amide bonds. The number of cyclic esters (lactones) is 1. The number of anilines is 1. The average molecular weight is 1060 g/mol. The van der Waals surface area contributed by atoms with Crippen molar-refractivity contribution < 1.29 is 48.1 Å². The average Bonchev–Trinajstić information content (AvgIpc) is 3.59. The molecular weight excluding hydrogens is 991 g/mol. The summed E-state index contributed by atoms with van der Waals surface area (Å²) in [6.07, 6.45) is 10.1. The normalized spacial score (nSPS) is 26.0. The molecule has 0 radical (unpaired) electrons. The minimum Gasteiger partial charge on any atom is -0.458 e. The first-order valence-corrected chi connectivity index (χ1v) is 28.2. The van der Waals surface area contributed by atoms with Crippen LogP contribution in [0.25, 0.3) is 22.3 Å². The van der Waals surface area contributed by atoms with Crippen LogP contribution in [0.4, 0.5) is 10.5 Å². The monoisotopic (exact) mass is 1060 g/mol. The smallest absolute Gasteiger partial charge is 0.415 e. The highest BCUT2D eigenvalue weighted by atomic mass is 16.6. The molecule has 2 aromatic carbocycles. The van der Waals surface area contributed by atoms with Crippen LogP contribution >= 0.6 is 0 Å². The Balaban J connectivity index is 0.673. The van der Waals surface area contributed by atoms with E-state index in [9.17, 15) is 38.7 Å². The topological polar surface area (TPSA) is 195 Å². The van der Waals surface area contributed by atoms with Crippen molar-refractivity contribution in [3.63, 3.8) is 0 Å². The van der Waals surface area contributed by atoms with Crippen LogP contribution in [0.1, 0.15) is 145 Å². The molecule has 3 unspecified atom stereocenters. The highest BCUT2D eigenvalue weighted by Crippen LogP contribution is 2.68. The number of hydrogen-bond acceptors (Lipinski definition) is 13. The van der Waals surface area contributed by atoms with Gasteiger partial charge in [-0.25, -0.2) is 14.6 Å². The number of benzene rings is 2. The third kappa shape index (κ3) is 8.76. The van der Waals surface area contributed by atoms with E-state index in [1.165, 1.54) is 29.2 Å². The van der Waals surface area contributed by atoms with Gasteiger partial charge in [0.1, 0.15) is 12.4 Å². The number of Topliss-reactive ketones (excluding diaryl/α,β-unsaturated/α-hetero) is 1. The first-order valence-electron chi connectivity index (χ1n) is 28.2. The fourth-order valence-corrected chi connectivity index (χ4v) is 15.0. The van der Waals surface area contributed by atoms with Crippen molar-refractivity contribution >= 4 is 52.1 Å². The second-order valence-electron chi connectivity index (χ2n) is 23.1. The molecule has 16 heteroatoms. The largest absolute Gasteiger partial charge is 0.458 e. The van der Waals surface area contributed by atoms with Crippen molar-refractivity contribution in [3.05, 3.63) is 109 Å². The Morgan fingerprint density at radius 1 is 0.897 bits per heavy atom. The number of fused-ring (bicyclic) bond motifs is 9. The predicted octanol–water partition coefficient (Wildman–Crippen LogP) is 8.77. The first kappa shape index (κ1) is 53.1. The summed E-state index contributed by atoms with van der Waals surface area (Å²) in [6, 6.07) is 15.8. The van der Waals surface area contributed by atoms with Crippen molar-refractivity contribution in [1.82, 2.24) is 19.4 Å². The number of amides is 2. The van der Waals surface area contributed by atoms with Crippen LogP contribution < -0.4 is 15.2 Å². The van der Waals surface area contributed by atoms with Crippen molar-refractivity contribution in [1.29, 1.82) is 0 Å². The quantitative estimate of drug-likeness (QED) is 0.0869. The lowest BCUT2D eigenvalue weighted by Gasteiger charge is -2.55. The number of allylic oxidation sites excluding steroid dienone is 4. The number of ketones is 2. The lowest BCUT2D eigenvalue weighted by molar-refractivity contribution is -0.182. The summed E-state index contributed by atoms with van der Waals surface area (Å²) in [4.78, 5) is 103. The molecule has 2 saturated carbocycles. The van der Waals surface area contributed by atoms with E-state index in [1.54, 1.807) is 41.5 Å². The number of carbonyl (C=O) groups excluding carboxylic acids is 6. The molecule has 4 aliphatic carbocycles. The zero-order chi connectivity index (χ0) is 55.0. The highest BCUT2D eigenvalue weighted by Gasteiger charge is 2.67. The lowest BCUT2D eigenvalue weighted by atomic mass is 9.50. The highest BCUT2D eigenvalue weighted by molar-refractivity contribution is 5.94. The second-order valence-corrected chi connectivity index (χ2v) is 23.1. The van der Waals surface area contributed by atoms with E-state index in [2.05, 4.69) is 43.1 Å². The number of nitrogens with zero attached hydrogens (tertiary/aromatic N) is 5. The van der Waals surface area contributed by atoms with Crippen LogP contribution in [0, 0.1) is 17.3 Å². The maximum Gasteiger partial charge on any atom is 0.415 e. The van der Waals surface area contributed by atoms with Gasteiger partial charge in [-0.1, -0.05) is 44.9 Å². The van der Waals surface area contributed by atoms with E-state index in [1.807, 2.05) is 24.0 Å². The molecule has 1 N–H and O–H groups in total. The van der Waals surface area contributed by atoms with Gasteiger partial charge in [0, 0.05) is 93.1 Å². The molecule has 4 aromatic rings. The second kappa shape index (κ2) is 20.4. The Morgan fingerprint density at radius 2 is 1.65 bits per heavy atom. The molecule has 6 atom stereocenters. The van der Waals surface area contributed by atoms with Crippen molar-refractivity contribution in [2.24, 2.45) is 17.3 Å². The fraction of sp³-hybridized carbons (Fsp3) is 0.516. The van der Waals surface area contributed by atoms with Crippen LogP contribution in [0.3, 0.4) is 0 Å². The van der Waals surface area contributed by atoms with Crippen LogP contribution in [-0.4, -0.2) is 105 Å². The minimum absolute atomic E-state index is 0.0258. The summed E-state index contributed by atoms with van der Waals surface area (Å²) >= 11 is 0. The molecule has 78 heavy (non-hydrogen) atoms. The van der Waals surface area contributed by atoms with Gasteiger partial charge >= 0.3 is 18.0 Å². The van der Waals surface area contributed by atoms with E-state index in [4.69, 9.17) is 19.2 Å². The summed E-state index contributed by atoms with van der Waals surface area (Å²) in [5.41, 5.74) is 6.43. The van der Waals surface area contributed by atoms with Crippen LogP contribution in [0.15, 0.2) is 76.1 Å². The van der Waals surface area contributed by atoms with Gasteiger partial charge in [-0.3, -0.25) is 24.0 Å². The van der Waals surface area contributed by atoms with E-state index < -0.39 is 34.6 Å². The third-order valence-corrected chi connectivity index (χ3v) is 19.1. The molecule has 0 bridgehead atoms. The predicted molar refractivity (Wildman–Crippen MR) is 292 cm³/mol. The minimum atomic E-state index is -1.92. The Hall–Kier alpha value is -6.94. The van der Waals surface area contributed by atoms with E-state index in [0.29, 0.717) is 80.9 Å². The van der Waals surface area contributed by atoms with Gasteiger partial charge in [0.25, 0.3) is 5.56 Å². The van der Waals surface area contributed by atoms with Gasteiger partial charge in [0.15, 0.2) is 22.8 Å². The molecule has 2 aromatic heterocycles. The van der Waals surface area contributed by atoms with Crippen LogP contribution in [0.5, 0.6) is 5.75 Å². The van der Waals surface area contributed by atoms with Gasteiger partial charge in [0.2, 0.25) is 5.91 Å². The molecule has 410 valence electrons. The number of rotatable bonds is 13. The maximum absolute atomic E-state index is 13.8. The Kier molecular flexibility index (Phi) is 13.9. The summed E-state index contributed by atoms with van der Waals surface area (Å²) in [5, 5.41) is 12.1. The van der Waals surface area contributed by atoms with Crippen molar-refractivity contribution in [3.8, 4) is 17.1 Å². The Labute approximate surface area is 454 Å². The number of aliphatic hydroxyl groups is 1. The molecule has 16 nitrogen and oxygen atoms in total. The molecule has 11 rings (SSSR count). The number of hydrogen-bond donors (Lipinski definition) is 1. The lowest BCUT2D eigenvalue weighted by Crippen LogP contribution is -2.57. The molecule has 3 aliphatic heterocycles. The van der Waals surface area contributed by atoms with Gasteiger partial charge < -0.3 is 38.6 Å². The molecular formula is C62H71N5O11. The number of aromatic nitrogens is 2. The molecule has 1 saturated heterocycles. The van der Waals surface area contributed by atoms with Gasteiger partial charge in [-0.05, 0) is 148 Å². The molecule has 0 spiro atoms. The van der Waals surface area contributed by atoms with Crippen molar-refractivity contribution in [2.75, 3.05) is 44.7 Å². The Bertz CT molecular complexity index is 3310. The van der Waals surface area contributed by atoms with Gasteiger partial charge in [-0.15, -0.1) is 0 Å². The van der Waals surface area contributed by atoms with Crippen LogP contribution in [0.2, 0.25) is 0 Å². The number of esters is 2. The standard InChI is InChI=1S/C62H71N5O11/c1-7-43-46-31-42(19-22-52(46)63-56-48(43)34-67-53(56)32-51-49(57(67)72)35-76-58(73)61(51,75)8-2)77-59(74)66-28-26-65(27-29-66)54(71)12-10-9-11-25-64(6)40-16-13-38(14-17-40)47-33-60(5)50(23-24-62(60,36(3)68)78-37(4)69)45-20-15-39-30-41(70)18-21-44(39)55(45)47/h13-14,16-17,19,22,30-32,45,47,50,75H,7-12,15,18,20-21,23-29,33-35H2,1-6H3/t45?,47?,50-,60?,61-,62-/m0/s1. The molecule has 7 aliphatic rings. The Morgan fingerprint density at radius 3 is 2.37 bits per heavy atom. The van der Waals surface area contributed by atoms with Gasteiger partial charge in [0.05, 0.1) is 29.0 Å². The maximum atomic E-state index is 13.8. The zero-order valence-corrected chi connectivity index (χ0v) is 45.8. The SMILES string of the molecule is CCc1c2c(nc3ccc(OC(=O)N4CCN(C(=O)CCCCCN(C)c5ccc(C6CC7(C)[C@@H](CC[C@]7(OC(C)=O)C(C)=O)C7CCC8=CC(=O)CCC8=C67)cc5)CC4)cc13)-c1cc3c(c(=O)n1C2)COC(=O)[C@]3(O)CC. The number of unbranched alkanes of at least 4 members (excludes halogenated alkanes) is 2. The summed E-state index contributed by atoms with van der Waals surface area (Å²) in [5.74, 6) is -0.156. The third-order valence-electron chi connectivity index (χ3n) is 19.1. The van der Waals surface area contributed by atoms with Gasteiger partial charge in [-0.2, -0.15) is 0 Å². The number of aryl methyl sites for hydroxylation is 1. The number of ether oxygens (including phenoxy) is 3. The van der Waals surface area contributed by atoms with E-state index >= 15 is 0 Å². The summed E-state index contributed by atoms with van der Waals surface area (Å²) < 4.78 is 18.9. The zero-order valence-electron chi connectivity index (χ0n) is 45.8. The summed E-state index contributed by atoms with van der Waals surface area (Å²) in [7, 11) is 2.09. The molecule has 3 fully saturated rings. The number of carbonyl (C=O) groups is 6. The molecule has 5 heterocycles.